The third-order valence-electron chi connectivity index (χ3n) is 4.42. The molecule has 2 aliphatic carbocycles. The van der Waals surface area contributed by atoms with E-state index in [2.05, 4.69) is 0 Å². The van der Waals surface area contributed by atoms with E-state index in [4.69, 9.17) is 0 Å². The lowest BCUT2D eigenvalue weighted by Gasteiger charge is -2.33. The smallest absolute Gasteiger partial charge is 0.0721 e. The Morgan fingerprint density at radius 1 is 1.00 bits per heavy atom. The second-order valence-corrected chi connectivity index (χ2v) is 5.35. The van der Waals surface area contributed by atoms with Crippen molar-refractivity contribution in [2.75, 3.05) is 0 Å². The van der Waals surface area contributed by atoms with Crippen molar-refractivity contribution in [3.8, 4) is 0 Å². The van der Waals surface area contributed by atoms with E-state index >= 15 is 0 Å². The van der Waals surface area contributed by atoms with Crippen LogP contribution < -0.4 is 5.11 Å². The molecule has 2 fully saturated rings. The molecule has 90 valence electrons. The molecule has 0 saturated heterocycles. The van der Waals surface area contributed by atoms with E-state index in [0.29, 0.717) is 17.4 Å². The Hall–Kier alpha value is -1.31. The molecule has 0 spiro atoms. The van der Waals surface area contributed by atoms with E-state index in [9.17, 15) is 9.90 Å². The molecule has 1 aromatic rings. The van der Waals surface area contributed by atoms with E-state index in [1.54, 1.807) is 0 Å². The molecule has 0 unspecified atom stereocenters. The predicted octanol–water partition coefficient (Wildman–Crippen LogP) is 2.59. The summed E-state index contributed by atoms with van der Waals surface area (Å²) in [6.07, 6.45) is 6.99. The maximum absolute atomic E-state index is 11.4. The van der Waals surface area contributed by atoms with Crippen LogP contribution in [0.4, 0.5) is 0 Å². The summed E-state index contributed by atoms with van der Waals surface area (Å²) in [6, 6.07) is 5.99. The maximum atomic E-state index is 11.4. The first-order valence-corrected chi connectivity index (χ1v) is 6.61. The van der Waals surface area contributed by atoms with Crippen LogP contribution in [0, 0.1) is 0 Å². The minimum atomic E-state index is -0.977. The maximum Gasteiger partial charge on any atom is 0.0721 e. The summed E-state index contributed by atoms with van der Waals surface area (Å²) in [5.41, 5.74) is 2.57. The number of carbonyl (C=O) groups is 1. The molecule has 0 bridgehead atoms. The van der Waals surface area contributed by atoms with Crippen molar-refractivity contribution in [3.63, 3.8) is 0 Å². The Balaban J connectivity index is 2.04. The van der Waals surface area contributed by atoms with E-state index < -0.39 is 5.97 Å². The first-order valence-electron chi connectivity index (χ1n) is 6.61. The number of hydrogen-bond acceptors (Lipinski definition) is 2. The van der Waals surface area contributed by atoms with Crippen LogP contribution in [-0.2, 0) is 0 Å². The van der Waals surface area contributed by atoms with Crippen LogP contribution in [0.5, 0.6) is 0 Å². The van der Waals surface area contributed by atoms with Gasteiger partial charge in [-0.15, -0.1) is 0 Å². The van der Waals surface area contributed by atoms with Gasteiger partial charge in [0.05, 0.1) is 5.97 Å². The van der Waals surface area contributed by atoms with Crippen molar-refractivity contribution in [1.29, 1.82) is 0 Å². The van der Waals surface area contributed by atoms with E-state index in [1.807, 2.05) is 18.2 Å². The molecule has 0 aromatic heterocycles. The van der Waals surface area contributed by atoms with Crippen LogP contribution in [0.15, 0.2) is 18.2 Å². The van der Waals surface area contributed by atoms with E-state index in [1.165, 1.54) is 12.8 Å². The molecule has 1 aromatic carbocycles. The van der Waals surface area contributed by atoms with Crippen LogP contribution in [0.3, 0.4) is 0 Å². The summed E-state index contributed by atoms with van der Waals surface area (Å²) in [5, 5.41) is 11.4. The summed E-state index contributed by atoms with van der Waals surface area (Å²) in [7, 11) is 0. The highest BCUT2D eigenvalue weighted by Crippen LogP contribution is 2.43. The fraction of sp³-hybridized carbons (Fsp3) is 0.533. The standard InChI is InChI=1S/C15H18O2/c16-15(17)14-12(10-4-1-5-10)8-3-9-13(14)11-6-2-7-11/h3,8-11H,1-2,4-7H2,(H,16,17)/p-1. The lowest BCUT2D eigenvalue weighted by atomic mass is 9.73. The Morgan fingerprint density at radius 3 is 1.76 bits per heavy atom. The van der Waals surface area contributed by atoms with E-state index in [-0.39, 0.29) is 0 Å². The van der Waals surface area contributed by atoms with Crippen LogP contribution in [0.2, 0.25) is 0 Å². The number of aromatic carboxylic acids is 1. The van der Waals surface area contributed by atoms with Gasteiger partial charge in [-0.2, -0.15) is 0 Å². The fourth-order valence-corrected chi connectivity index (χ4v) is 2.94. The van der Waals surface area contributed by atoms with Crippen molar-refractivity contribution in [3.05, 3.63) is 34.9 Å². The molecular weight excluding hydrogens is 212 g/mol. The Kier molecular flexibility index (Phi) is 2.65. The van der Waals surface area contributed by atoms with Gasteiger partial charge in [0, 0.05) is 5.56 Å². The van der Waals surface area contributed by atoms with Crippen LogP contribution in [0.25, 0.3) is 0 Å². The molecule has 2 nitrogen and oxygen atoms in total. The van der Waals surface area contributed by atoms with Gasteiger partial charge in [0.15, 0.2) is 0 Å². The second-order valence-electron chi connectivity index (χ2n) is 5.35. The van der Waals surface area contributed by atoms with Gasteiger partial charge in [0.25, 0.3) is 0 Å². The molecule has 0 atom stereocenters. The largest absolute Gasteiger partial charge is 0.545 e. The van der Waals surface area contributed by atoms with Crippen molar-refractivity contribution >= 4 is 5.97 Å². The number of carboxylic acids is 1. The number of benzene rings is 1. The lowest BCUT2D eigenvalue weighted by Crippen LogP contribution is -2.28. The number of hydrogen-bond donors (Lipinski definition) is 0. The zero-order chi connectivity index (χ0) is 11.8. The molecule has 0 radical (unpaired) electrons. The van der Waals surface area contributed by atoms with Gasteiger partial charge in [-0.3, -0.25) is 0 Å². The van der Waals surface area contributed by atoms with Gasteiger partial charge in [-0.05, 0) is 48.6 Å². The van der Waals surface area contributed by atoms with Gasteiger partial charge < -0.3 is 9.90 Å². The second kappa shape index (κ2) is 4.17. The summed E-state index contributed by atoms with van der Waals surface area (Å²) in [5.74, 6) is -0.0553. The monoisotopic (exact) mass is 229 g/mol. The van der Waals surface area contributed by atoms with Crippen molar-refractivity contribution in [2.24, 2.45) is 0 Å². The molecule has 2 saturated carbocycles. The molecule has 0 heterocycles. The van der Waals surface area contributed by atoms with Crippen molar-refractivity contribution < 1.29 is 9.90 Å². The van der Waals surface area contributed by atoms with E-state index in [0.717, 1.165) is 36.8 Å². The molecule has 2 aliphatic rings. The first-order chi connectivity index (χ1) is 8.27. The van der Waals surface area contributed by atoms with Gasteiger partial charge >= 0.3 is 0 Å². The summed E-state index contributed by atoms with van der Waals surface area (Å²) >= 11 is 0. The Labute approximate surface area is 102 Å². The molecule has 0 N–H and O–H groups in total. The minimum Gasteiger partial charge on any atom is -0.545 e. The summed E-state index contributed by atoms with van der Waals surface area (Å²) < 4.78 is 0. The van der Waals surface area contributed by atoms with Gasteiger partial charge in [-0.1, -0.05) is 31.0 Å². The van der Waals surface area contributed by atoms with Crippen molar-refractivity contribution in [2.45, 2.75) is 50.4 Å². The van der Waals surface area contributed by atoms with Crippen molar-refractivity contribution in [1.82, 2.24) is 0 Å². The first kappa shape index (κ1) is 10.8. The number of rotatable bonds is 3. The average molecular weight is 229 g/mol. The quantitative estimate of drug-likeness (QED) is 0.799. The van der Waals surface area contributed by atoms with Crippen LogP contribution >= 0.6 is 0 Å². The topological polar surface area (TPSA) is 40.1 Å². The van der Waals surface area contributed by atoms with Crippen LogP contribution in [0.1, 0.15) is 71.8 Å². The minimum absolute atomic E-state index is 0.461. The molecule has 0 aliphatic heterocycles. The SMILES string of the molecule is O=C([O-])c1c(C2CCC2)cccc1C1CCC1. The van der Waals surface area contributed by atoms with Gasteiger partial charge in [-0.25, -0.2) is 0 Å². The lowest BCUT2D eigenvalue weighted by molar-refractivity contribution is -0.255. The molecule has 17 heavy (non-hydrogen) atoms. The molecular formula is C15H17O2-. The third kappa shape index (κ3) is 1.76. The third-order valence-corrected chi connectivity index (χ3v) is 4.42. The highest BCUT2D eigenvalue weighted by atomic mass is 16.4. The molecule has 3 rings (SSSR count). The Morgan fingerprint density at radius 2 is 1.47 bits per heavy atom. The average Bonchev–Trinajstić information content (AvgIpc) is 2.11. The molecule has 2 heteroatoms. The summed E-state index contributed by atoms with van der Waals surface area (Å²) in [4.78, 5) is 11.4. The normalized spacial score (nSPS) is 20.7. The zero-order valence-corrected chi connectivity index (χ0v) is 9.95. The summed E-state index contributed by atoms with van der Waals surface area (Å²) in [6.45, 7) is 0. The van der Waals surface area contributed by atoms with Crippen LogP contribution in [-0.4, -0.2) is 5.97 Å². The number of carbonyl (C=O) groups excluding carboxylic acids is 1. The fourth-order valence-electron chi connectivity index (χ4n) is 2.94. The highest BCUT2D eigenvalue weighted by molar-refractivity contribution is 5.90. The zero-order valence-electron chi connectivity index (χ0n) is 9.95. The predicted molar refractivity (Wildman–Crippen MR) is 64.0 cm³/mol. The Bertz CT molecular complexity index is 410. The molecule has 0 amide bonds. The van der Waals surface area contributed by atoms with Gasteiger partial charge in [0.2, 0.25) is 0 Å². The number of carboxylic acid groups (broad SMARTS) is 1. The van der Waals surface area contributed by atoms with Gasteiger partial charge in [0.1, 0.15) is 0 Å². The highest BCUT2D eigenvalue weighted by Gasteiger charge is 2.28.